The molecule has 0 aliphatic heterocycles. The van der Waals surface area contributed by atoms with Gasteiger partial charge in [-0.25, -0.2) is 0 Å². The minimum Gasteiger partial charge on any atom is -0.333 e. The Morgan fingerprint density at radius 1 is 0.289 bits per heavy atom. The summed E-state index contributed by atoms with van der Waals surface area (Å²) in [6.07, 6.45) is 36.3. The summed E-state index contributed by atoms with van der Waals surface area (Å²) in [6.45, 7) is 35.4. The van der Waals surface area contributed by atoms with Crippen LogP contribution < -0.4 is 0 Å². The minimum absolute atomic E-state index is 0. The van der Waals surface area contributed by atoms with Crippen LogP contribution in [0.15, 0.2) is 201 Å². The first-order chi connectivity index (χ1) is 60.1. The largest absolute Gasteiger partial charge is 0.333 e. The van der Waals surface area contributed by atoms with Crippen LogP contribution in [-0.4, -0.2) is 28.2 Å². The quantitative estimate of drug-likeness (QED) is 0.107. The van der Waals surface area contributed by atoms with E-state index in [1.807, 2.05) is 18.2 Å². The molecule has 6 aromatic heterocycles. The first-order valence-corrected chi connectivity index (χ1v) is 49.1. The molecule has 6 heterocycles. The van der Waals surface area contributed by atoms with Crippen LogP contribution in [0.3, 0.4) is 0 Å². The molecule has 8 bridgehead atoms. The van der Waals surface area contributed by atoms with E-state index in [-0.39, 0.29) is 60.3 Å². The third-order valence-electron chi connectivity index (χ3n) is 37.0. The fourth-order valence-corrected chi connectivity index (χ4v) is 31.7. The number of fused-ring (bicyclic) bond motifs is 26. The molecule has 0 amide bonds. The van der Waals surface area contributed by atoms with Crippen LogP contribution in [0.25, 0.3) is 116 Å². The van der Waals surface area contributed by atoms with Gasteiger partial charge in [-0.2, -0.15) is 0 Å². The molecule has 15 aromatic rings. The van der Waals surface area contributed by atoms with Gasteiger partial charge in [0.25, 0.3) is 0 Å². The van der Waals surface area contributed by atoms with E-state index in [9.17, 15) is 0 Å². The average Bonchev–Trinajstić information content (AvgIpc) is 1.52. The van der Waals surface area contributed by atoms with Gasteiger partial charge in [-0.15, -0.1) is 89.0 Å². The standard InChI is InChI=1S/C41H45N2.C41H49N2.C37H37N2.3Ir/c1-38(2)25-18-20-40(38,5)32(22-25)30-15-11-16-31(33-23-26-19-21-41(33,6)39(26,3)4)36(30)35-24-42-37-29-14-8-7-12-27(29)28-13-9-10-17-34(28)43(35)37;1-38(2)20-27(21-39(3,4)25-38)29-17-13-18-30(28-22-40(5,6)26-41(7,8)23-28)36(29)35-24-42-37-33-16-10-9-14-31(33)32-15-11-12-19-34(32)43(35)37;1-2-8-33-31(6-1)32-7-3-4-11-34(32)39-35(22-38-37(33)39)36-29(27-18-23-12-13-24(16-23)19-27)9-5-10-30(36)28-20-25-14-15-26(17-25)21-28;;;/h7-13,15-17,24-26,32-33H,18-23H2,1-6H3;9-15,17-19,24,27-28H,20-23,25-26H2,1-8H3;1-7,9-11,22-28H,12-21H2;;;/q3*-1;;;. The Morgan fingerprint density at radius 2 is 0.570 bits per heavy atom. The van der Waals surface area contributed by atoms with Gasteiger partial charge >= 0.3 is 0 Å². The summed E-state index contributed by atoms with van der Waals surface area (Å²) < 4.78 is 7.46. The van der Waals surface area contributed by atoms with Crippen molar-refractivity contribution in [2.75, 3.05) is 0 Å². The van der Waals surface area contributed by atoms with Crippen LogP contribution in [0.4, 0.5) is 0 Å². The monoisotopic (exact) mass is 2220 g/mol. The van der Waals surface area contributed by atoms with E-state index in [1.54, 1.807) is 22.3 Å². The van der Waals surface area contributed by atoms with E-state index in [0.29, 0.717) is 78.8 Å². The number of para-hydroxylation sites is 3. The number of hydrogen-bond donors (Lipinski definition) is 0. The first-order valence-electron chi connectivity index (χ1n) is 49.1. The Bertz CT molecular complexity index is 6620. The number of nitrogens with zero attached hydrogens (tertiary/aromatic N) is 6. The third-order valence-corrected chi connectivity index (χ3v) is 37.0. The number of hydrogen-bond acceptors (Lipinski definition) is 3. The van der Waals surface area contributed by atoms with Crippen LogP contribution in [-0.2, 0) is 60.3 Å². The first kappa shape index (κ1) is 88.5. The molecule has 10 aliphatic carbocycles. The summed E-state index contributed by atoms with van der Waals surface area (Å²) in [7, 11) is 0. The van der Waals surface area contributed by atoms with Gasteiger partial charge in [0.2, 0.25) is 0 Å². The predicted molar refractivity (Wildman–Crippen MR) is 521 cm³/mol. The van der Waals surface area contributed by atoms with Gasteiger partial charge in [-0.05, 0) is 298 Å². The molecule has 10 fully saturated rings. The van der Waals surface area contributed by atoms with E-state index in [0.717, 1.165) is 68.6 Å². The van der Waals surface area contributed by atoms with Gasteiger partial charge in [-0.1, -0.05) is 248 Å². The zero-order valence-corrected chi connectivity index (χ0v) is 85.4. The second-order valence-electron chi connectivity index (χ2n) is 47.2. The van der Waals surface area contributed by atoms with Crippen molar-refractivity contribution in [1.82, 2.24) is 28.2 Å². The summed E-state index contributed by atoms with van der Waals surface area (Å²) >= 11 is 0. The normalized spacial score (nSPS) is 27.9. The number of rotatable bonds is 9. The molecule has 128 heavy (non-hydrogen) atoms. The van der Waals surface area contributed by atoms with Gasteiger partial charge in [0.05, 0.1) is 34.0 Å². The Labute approximate surface area is 802 Å². The van der Waals surface area contributed by atoms with E-state index < -0.39 is 0 Å². The second kappa shape index (κ2) is 32.5. The molecule has 10 aliphatic rings. The topological polar surface area (TPSA) is 51.9 Å². The molecule has 6 nitrogen and oxygen atoms in total. The summed E-state index contributed by atoms with van der Waals surface area (Å²) in [5.41, 5.74) is 27.2. The number of aromatic nitrogens is 6. The van der Waals surface area contributed by atoms with E-state index in [1.165, 1.54) is 235 Å². The maximum absolute atomic E-state index is 5.23. The van der Waals surface area contributed by atoms with Crippen molar-refractivity contribution in [1.29, 1.82) is 0 Å². The molecule has 25 rings (SSSR count). The van der Waals surface area contributed by atoms with Gasteiger partial charge in [0.15, 0.2) is 0 Å². The molecule has 3 radical (unpaired) electrons. The summed E-state index contributed by atoms with van der Waals surface area (Å²) in [5, 5.41) is 10.9. The van der Waals surface area contributed by atoms with Gasteiger partial charge in [-0.3, -0.25) is 15.0 Å². The molecule has 10 saturated carbocycles. The van der Waals surface area contributed by atoms with Crippen molar-refractivity contribution >= 4 is 82.0 Å². The van der Waals surface area contributed by atoms with Crippen LogP contribution in [0.1, 0.15) is 307 Å². The summed E-state index contributed by atoms with van der Waals surface area (Å²) in [5.74, 6) is 8.84. The Hall–Kier alpha value is -7.44. The number of pyridine rings is 3. The van der Waals surface area contributed by atoms with Gasteiger partial charge < -0.3 is 13.2 Å². The van der Waals surface area contributed by atoms with Crippen LogP contribution in [0.2, 0.25) is 0 Å². The summed E-state index contributed by atoms with van der Waals surface area (Å²) in [4.78, 5) is 15.6. The minimum atomic E-state index is 0. The zero-order chi connectivity index (χ0) is 85.4. The number of imidazole rings is 3. The van der Waals surface area contributed by atoms with Crippen molar-refractivity contribution in [3.63, 3.8) is 0 Å². The Balaban J connectivity index is 0.000000119. The van der Waals surface area contributed by atoms with Crippen molar-refractivity contribution in [2.24, 2.45) is 78.8 Å². The van der Waals surface area contributed by atoms with E-state index in [4.69, 9.17) is 15.0 Å². The molecule has 0 N–H and O–H groups in total. The Kier molecular flexibility index (Phi) is 22.4. The van der Waals surface area contributed by atoms with Crippen molar-refractivity contribution in [3.8, 4) is 33.8 Å². The van der Waals surface area contributed by atoms with Crippen molar-refractivity contribution in [3.05, 3.63) is 252 Å². The SMILES string of the molecule is CC1(C)C2CCC1(C)C(c1cccc(C3CC4CCC3(C)C4(C)C)c1-c1cnc3c4[c-]cccc4c4ccccc4n13)C2.CC1(C)CC(c2cccc(C3CC(C)(C)CC(C)(C)C3)c2-c2cnc3c4[c-]cccc4c4ccccc4n23)CC(C)(C)C1.[Ir].[Ir].[Ir].[c-]1cccc2c1c1ncc(-c3c(C4CC5CCC(C5)C4)cccc3C3CC4CCC(C4)C3)n1c1ccccc21. The smallest absolute Gasteiger partial charge is 0.0639 e. The second-order valence-corrected chi connectivity index (χ2v) is 47.2. The maximum Gasteiger partial charge on any atom is 0.0639 e. The molecule has 0 spiro atoms. The van der Waals surface area contributed by atoms with E-state index in [2.05, 4.69) is 311 Å². The van der Waals surface area contributed by atoms with Gasteiger partial charge in [0, 0.05) is 112 Å². The third kappa shape index (κ3) is 14.2. The molecule has 9 aromatic carbocycles. The molecule has 10 unspecified atom stereocenters. The fraction of sp³-hybridized carbons (Fsp3) is 0.471. The zero-order valence-electron chi connectivity index (χ0n) is 78.2. The molecular formula is C119H131Ir3N6-3. The molecule has 667 valence electrons. The summed E-state index contributed by atoms with van der Waals surface area (Å²) in [6, 6.07) is 78.8. The van der Waals surface area contributed by atoms with Crippen LogP contribution in [0, 0.1) is 97.0 Å². The fourth-order valence-electron chi connectivity index (χ4n) is 31.7. The number of benzene rings is 9. The van der Waals surface area contributed by atoms with Crippen molar-refractivity contribution in [2.45, 2.75) is 274 Å². The van der Waals surface area contributed by atoms with Crippen molar-refractivity contribution < 1.29 is 60.3 Å². The molecular weight excluding hydrogens is 2090 g/mol. The molecule has 0 saturated heterocycles. The molecule has 10 atom stereocenters. The maximum atomic E-state index is 5.23. The molecule has 9 heteroatoms. The van der Waals surface area contributed by atoms with Crippen LogP contribution in [0.5, 0.6) is 0 Å². The van der Waals surface area contributed by atoms with Gasteiger partial charge in [0.1, 0.15) is 0 Å². The predicted octanol–water partition coefficient (Wildman–Crippen LogP) is 32.4. The average molecular weight is 2220 g/mol. The Morgan fingerprint density at radius 3 is 0.867 bits per heavy atom. The van der Waals surface area contributed by atoms with E-state index >= 15 is 0 Å². The van der Waals surface area contributed by atoms with Crippen LogP contribution >= 0.6 is 0 Å².